The van der Waals surface area contributed by atoms with Crippen LogP contribution in [0.3, 0.4) is 0 Å². The van der Waals surface area contributed by atoms with Crippen LogP contribution in [-0.4, -0.2) is 57.9 Å². The monoisotopic (exact) mass is 437 g/mol. The zero-order chi connectivity index (χ0) is 22.5. The smallest absolute Gasteiger partial charge is 0.270 e. The SMILES string of the molecule is COc1cc(-c2ccn3nc(Nc4cccc(C(=O)NCCF)n4)nc3c2)cnc1OC. The second kappa shape index (κ2) is 9.25. The molecule has 0 aliphatic heterocycles. The predicted molar refractivity (Wildman–Crippen MR) is 115 cm³/mol. The molecule has 4 aromatic heterocycles. The number of rotatable bonds is 8. The summed E-state index contributed by atoms with van der Waals surface area (Å²) in [6, 6.07) is 10.4. The summed E-state index contributed by atoms with van der Waals surface area (Å²) in [5.74, 6) is 1.16. The Morgan fingerprint density at radius 1 is 1.12 bits per heavy atom. The zero-order valence-electron chi connectivity index (χ0n) is 17.4. The predicted octanol–water partition coefficient (Wildman–Crippen LogP) is 2.65. The van der Waals surface area contributed by atoms with Crippen LogP contribution < -0.4 is 20.1 Å². The summed E-state index contributed by atoms with van der Waals surface area (Å²) in [6.45, 7) is -0.708. The molecule has 0 bridgehead atoms. The lowest BCUT2D eigenvalue weighted by atomic mass is 10.1. The van der Waals surface area contributed by atoms with Crippen molar-refractivity contribution in [3.05, 3.63) is 54.5 Å². The molecule has 4 aromatic rings. The van der Waals surface area contributed by atoms with Crippen LogP contribution >= 0.6 is 0 Å². The number of nitrogens with one attached hydrogen (secondary N) is 2. The fourth-order valence-electron chi connectivity index (χ4n) is 3.00. The van der Waals surface area contributed by atoms with Crippen molar-refractivity contribution in [3.63, 3.8) is 0 Å². The van der Waals surface area contributed by atoms with Crippen molar-refractivity contribution in [1.29, 1.82) is 0 Å². The van der Waals surface area contributed by atoms with E-state index < -0.39 is 12.6 Å². The van der Waals surface area contributed by atoms with Gasteiger partial charge in [-0.1, -0.05) is 6.07 Å². The summed E-state index contributed by atoms with van der Waals surface area (Å²) in [6.07, 6.45) is 3.46. The van der Waals surface area contributed by atoms with Crippen molar-refractivity contribution >= 4 is 23.3 Å². The van der Waals surface area contributed by atoms with Crippen molar-refractivity contribution in [1.82, 2.24) is 29.9 Å². The standard InChI is InChI=1S/C21H20FN7O3/c1-31-16-10-14(12-24-20(16)32-2)13-6-9-29-18(11-13)27-21(28-29)26-17-5-3-4-15(25-17)19(30)23-8-7-22/h3-6,9-12H,7-8H2,1-2H3,(H,23,30)(H,25,26,28). The molecular formula is C21H20FN7O3. The van der Waals surface area contributed by atoms with E-state index in [4.69, 9.17) is 9.47 Å². The highest BCUT2D eigenvalue weighted by Gasteiger charge is 2.12. The number of carbonyl (C=O) groups is 1. The van der Waals surface area contributed by atoms with E-state index in [1.165, 1.54) is 7.11 Å². The van der Waals surface area contributed by atoms with Gasteiger partial charge in [0.05, 0.1) is 14.2 Å². The Morgan fingerprint density at radius 2 is 2.00 bits per heavy atom. The number of pyridine rings is 3. The fraction of sp³-hybridized carbons (Fsp3) is 0.190. The largest absolute Gasteiger partial charge is 0.491 e. The van der Waals surface area contributed by atoms with Crippen LogP contribution in [0.15, 0.2) is 48.8 Å². The number of methoxy groups -OCH3 is 2. The first-order valence-electron chi connectivity index (χ1n) is 9.64. The van der Waals surface area contributed by atoms with E-state index in [0.717, 1.165) is 11.1 Å². The first-order valence-corrected chi connectivity index (χ1v) is 9.64. The van der Waals surface area contributed by atoms with E-state index in [-0.39, 0.29) is 12.2 Å². The zero-order valence-corrected chi connectivity index (χ0v) is 17.4. The Labute approximate surface area is 182 Å². The number of hydrogen-bond acceptors (Lipinski definition) is 8. The van der Waals surface area contributed by atoms with Crippen molar-refractivity contribution in [2.24, 2.45) is 0 Å². The molecule has 0 aromatic carbocycles. The lowest BCUT2D eigenvalue weighted by Crippen LogP contribution is -2.26. The van der Waals surface area contributed by atoms with E-state index in [9.17, 15) is 9.18 Å². The van der Waals surface area contributed by atoms with Gasteiger partial charge in [-0.15, -0.1) is 5.10 Å². The molecule has 0 fully saturated rings. The van der Waals surface area contributed by atoms with Crippen LogP contribution in [0.5, 0.6) is 11.6 Å². The minimum atomic E-state index is -0.643. The molecule has 0 atom stereocenters. The molecule has 0 saturated heterocycles. The van der Waals surface area contributed by atoms with Gasteiger partial charge in [-0.05, 0) is 35.9 Å². The maximum absolute atomic E-state index is 12.3. The Kier molecular flexibility index (Phi) is 6.06. The number of carbonyl (C=O) groups excluding carboxylic acids is 1. The number of nitrogens with zero attached hydrogens (tertiary/aromatic N) is 5. The van der Waals surface area contributed by atoms with E-state index in [2.05, 4.69) is 30.7 Å². The van der Waals surface area contributed by atoms with E-state index in [0.29, 0.717) is 29.0 Å². The average Bonchev–Trinajstić information content (AvgIpc) is 3.23. The van der Waals surface area contributed by atoms with Crippen LogP contribution in [-0.2, 0) is 0 Å². The molecule has 164 valence electrons. The highest BCUT2D eigenvalue weighted by Crippen LogP contribution is 2.30. The maximum Gasteiger partial charge on any atom is 0.270 e. The Morgan fingerprint density at radius 3 is 2.78 bits per heavy atom. The molecule has 10 nitrogen and oxygen atoms in total. The molecule has 32 heavy (non-hydrogen) atoms. The molecule has 0 aliphatic rings. The molecule has 11 heteroatoms. The van der Waals surface area contributed by atoms with Crippen LogP contribution in [0, 0.1) is 0 Å². The number of aromatic nitrogens is 5. The summed E-state index contributed by atoms with van der Waals surface area (Å²) in [7, 11) is 3.08. The van der Waals surface area contributed by atoms with Crippen LogP contribution in [0.2, 0.25) is 0 Å². The Bertz CT molecular complexity index is 1260. The second-order valence-corrected chi connectivity index (χ2v) is 6.57. The Hall–Kier alpha value is -4.28. The quantitative estimate of drug-likeness (QED) is 0.432. The first kappa shape index (κ1) is 21.0. The molecular weight excluding hydrogens is 417 g/mol. The van der Waals surface area contributed by atoms with Gasteiger partial charge < -0.3 is 20.1 Å². The van der Waals surface area contributed by atoms with Gasteiger partial charge in [-0.2, -0.15) is 4.98 Å². The second-order valence-electron chi connectivity index (χ2n) is 6.57. The van der Waals surface area contributed by atoms with Gasteiger partial charge in [0.1, 0.15) is 18.2 Å². The summed E-state index contributed by atoms with van der Waals surface area (Å²) < 4.78 is 24.4. The lowest BCUT2D eigenvalue weighted by Gasteiger charge is -2.08. The number of fused-ring (bicyclic) bond motifs is 1. The third kappa shape index (κ3) is 4.41. The number of amides is 1. The first-order chi connectivity index (χ1) is 15.6. The third-order valence-corrected chi connectivity index (χ3v) is 4.50. The normalized spacial score (nSPS) is 10.7. The summed E-state index contributed by atoms with van der Waals surface area (Å²) in [5.41, 5.74) is 2.46. The highest BCUT2D eigenvalue weighted by molar-refractivity contribution is 5.92. The number of alkyl halides is 1. The van der Waals surface area contributed by atoms with Gasteiger partial charge in [0.15, 0.2) is 11.4 Å². The molecule has 2 N–H and O–H groups in total. The maximum atomic E-state index is 12.3. The van der Waals surface area contributed by atoms with Crippen LogP contribution in [0.25, 0.3) is 16.8 Å². The average molecular weight is 437 g/mol. The molecule has 0 spiro atoms. The number of hydrogen-bond donors (Lipinski definition) is 2. The summed E-state index contributed by atoms with van der Waals surface area (Å²) in [4.78, 5) is 24.9. The summed E-state index contributed by atoms with van der Waals surface area (Å²) >= 11 is 0. The van der Waals surface area contributed by atoms with Crippen molar-refractivity contribution < 1.29 is 18.7 Å². The van der Waals surface area contributed by atoms with E-state index in [1.807, 2.05) is 18.2 Å². The van der Waals surface area contributed by atoms with Crippen LogP contribution in [0.1, 0.15) is 10.5 Å². The Balaban J connectivity index is 1.57. The van der Waals surface area contributed by atoms with Gasteiger partial charge in [0.25, 0.3) is 11.8 Å². The molecule has 0 unspecified atom stereocenters. The molecule has 4 heterocycles. The minimum absolute atomic E-state index is 0.0654. The van der Waals surface area contributed by atoms with E-state index >= 15 is 0 Å². The van der Waals surface area contributed by atoms with Gasteiger partial charge in [0, 0.05) is 24.5 Å². The lowest BCUT2D eigenvalue weighted by molar-refractivity contribution is 0.0946. The minimum Gasteiger partial charge on any atom is -0.491 e. The topological polar surface area (TPSA) is 116 Å². The van der Waals surface area contributed by atoms with Crippen molar-refractivity contribution in [2.45, 2.75) is 0 Å². The third-order valence-electron chi connectivity index (χ3n) is 4.50. The molecule has 0 saturated carbocycles. The molecule has 1 amide bonds. The number of anilines is 2. The fourth-order valence-corrected chi connectivity index (χ4v) is 3.00. The van der Waals surface area contributed by atoms with Gasteiger partial charge in [-0.25, -0.2) is 18.9 Å². The number of ether oxygens (including phenoxy) is 2. The molecule has 4 rings (SSSR count). The van der Waals surface area contributed by atoms with Crippen molar-refractivity contribution in [3.8, 4) is 22.8 Å². The summed E-state index contributed by atoms with van der Waals surface area (Å²) in [5, 5.41) is 9.79. The number of halogens is 1. The highest BCUT2D eigenvalue weighted by atomic mass is 19.1. The van der Waals surface area contributed by atoms with Gasteiger partial charge in [-0.3, -0.25) is 4.79 Å². The van der Waals surface area contributed by atoms with Gasteiger partial charge >= 0.3 is 0 Å². The van der Waals surface area contributed by atoms with E-state index in [1.54, 1.807) is 42.2 Å². The van der Waals surface area contributed by atoms with Crippen molar-refractivity contribution in [2.75, 3.05) is 32.8 Å². The van der Waals surface area contributed by atoms with Crippen LogP contribution in [0.4, 0.5) is 16.2 Å². The molecule has 0 radical (unpaired) electrons. The van der Waals surface area contributed by atoms with Gasteiger partial charge in [0.2, 0.25) is 5.95 Å². The molecule has 0 aliphatic carbocycles.